The summed E-state index contributed by atoms with van der Waals surface area (Å²) in [6.07, 6.45) is 1.76. The number of benzene rings is 1. The second kappa shape index (κ2) is 5.34. The Morgan fingerprint density at radius 1 is 1.41 bits per heavy atom. The minimum atomic E-state index is -0.318. The predicted molar refractivity (Wildman–Crippen MR) is 67.4 cm³/mol. The number of fused-ring (bicyclic) bond motifs is 1. The summed E-state index contributed by atoms with van der Waals surface area (Å²) < 4.78 is 4.55. The van der Waals surface area contributed by atoms with Crippen LogP contribution in [0.2, 0.25) is 0 Å². The maximum atomic E-state index is 9.60. The van der Waals surface area contributed by atoms with Crippen molar-refractivity contribution in [1.82, 2.24) is 10.2 Å². The van der Waals surface area contributed by atoms with Gasteiger partial charge in [0.15, 0.2) is 0 Å². The number of H-pyrrole nitrogens is 1. The summed E-state index contributed by atoms with van der Waals surface area (Å²) in [4.78, 5) is 9.60. The Bertz CT molecular complexity index is 486. The SMILES string of the molecule is CC(C)(C)OC=O.Nc1ccc2[nH]ncc2c1. The van der Waals surface area contributed by atoms with Gasteiger partial charge in [-0.25, -0.2) is 0 Å². The molecule has 0 aliphatic rings. The van der Waals surface area contributed by atoms with Crippen LogP contribution in [0.4, 0.5) is 5.69 Å². The van der Waals surface area contributed by atoms with E-state index in [1.54, 1.807) is 6.20 Å². The zero-order valence-corrected chi connectivity index (χ0v) is 10.2. The van der Waals surface area contributed by atoms with Gasteiger partial charge in [-0.1, -0.05) is 0 Å². The van der Waals surface area contributed by atoms with E-state index in [1.165, 1.54) is 0 Å². The van der Waals surface area contributed by atoms with Gasteiger partial charge >= 0.3 is 0 Å². The molecule has 0 unspecified atom stereocenters. The van der Waals surface area contributed by atoms with Crippen LogP contribution in [0.25, 0.3) is 10.9 Å². The van der Waals surface area contributed by atoms with Crippen LogP contribution in [-0.2, 0) is 9.53 Å². The van der Waals surface area contributed by atoms with E-state index in [0.29, 0.717) is 6.47 Å². The molecule has 0 bridgehead atoms. The number of nitrogens with two attached hydrogens (primary N) is 1. The van der Waals surface area contributed by atoms with E-state index in [2.05, 4.69) is 14.9 Å². The molecule has 0 radical (unpaired) electrons. The molecule has 3 N–H and O–H groups in total. The first kappa shape index (κ1) is 13.0. The van der Waals surface area contributed by atoms with Crippen LogP contribution < -0.4 is 5.73 Å². The molecule has 5 heteroatoms. The van der Waals surface area contributed by atoms with Crippen molar-refractivity contribution < 1.29 is 9.53 Å². The van der Waals surface area contributed by atoms with E-state index in [9.17, 15) is 4.79 Å². The fourth-order valence-electron chi connectivity index (χ4n) is 1.11. The van der Waals surface area contributed by atoms with E-state index in [4.69, 9.17) is 5.73 Å². The number of aromatic amines is 1. The number of hydrogen-bond donors (Lipinski definition) is 2. The number of hydrogen-bond acceptors (Lipinski definition) is 4. The van der Waals surface area contributed by atoms with Crippen LogP contribution in [0.1, 0.15) is 20.8 Å². The lowest BCUT2D eigenvalue weighted by atomic mass is 10.2. The lowest BCUT2D eigenvalue weighted by Gasteiger charge is -2.14. The van der Waals surface area contributed by atoms with Crippen LogP contribution in [0.15, 0.2) is 24.4 Å². The van der Waals surface area contributed by atoms with Gasteiger partial charge in [-0.2, -0.15) is 5.10 Å². The van der Waals surface area contributed by atoms with Gasteiger partial charge in [-0.15, -0.1) is 0 Å². The number of carbonyl (C=O) groups excluding carboxylic acids is 1. The summed E-state index contributed by atoms with van der Waals surface area (Å²) in [5.74, 6) is 0. The Hall–Kier alpha value is -2.04. The molecule has 0 amide bonds. The van der Waals surface area contributed by atoms with Crippen LogP contribution in [0.5, 0.6) is 0 Å². The van der Waals surface area contributed by atoms with Gasteiger partial charge in [0.05, 0.1) is 11.7 Å². The van der Waals surface area contributed by atoms with Gasteiger partial charge in [-0.05, 0) is 39.0 Å². The first-order chi connectivity index (χ1) is 7.92. The molecule has 5 nitrogen and oxygen atoms in total. The summed E-state index contributed by atoms with van der Waals surface area (Å²) in [6, 6.07) is 5.65. The molecular weight excluding hydrogens is 218 g/mol. The summed E-state index contributed by atoms with van der Waals surface area (Å²) in [7, 11) is 0. The topological polar surface area (TPSA) is 81.0 Å². The van der Waals surface area contributed by atoms with E-state index in [1.807, 2.05) is 39.0 Å². The molecule has 1 aromatic carbocycles. The monoisotopic (exact) mass is 235 g/mol. The first-order valence-electron chi connectivity index (χ1n) is 5.22. The van der Waals surface area contributed by atoms with Crippen LogP contribution in [0.3, 0.4) is 0 Å². The number of carbonyl (C=O) groups is 1. The van der Waals surface area contributed by atoms with Crippen molar-refractivity contribution in [3.05, 3.63) is 24.4 Å². The van der Waals surface area contributed by atoms with Gasteiger partial charge < -0.3 is 10.5 Å². The Balaban J connectivity index is 0.000000185. The number of nitrogens with zero attached hydrogens (tertiary/aromatic N) is 1. The average Bonchev–Trinajstić information content (AvgIpc) is 2.63. The van der Waals surface area contributed by atoms with E-state index >= 15 is 0 Å². The predicted octanol–water partition coefficient (Wildman–Crippen LogP) is 2.10. The molecule has 0 atom stereocenters. The van der Waals surface area contributed by atoms with E-state index in [-0.39, 0.29) is 5.60 Å². The molecule has 92 valence electrons. The summed E-state index contributed by atoms with van der Waals surface area (Å²) in [5, 5.41) is 7.76. The van der Waals surface area contributed by atoms with Gasteiger partial charge in [0.1, 0.15) is 5.60 Å². The third kappa shape index (κ3) is 4.55. The molecule has 0 fully saturated rings. The average molecular weight is 235 g/mol. The van der Waals surface area contributed by atoms with Crippen LogP contribution >= 0.6 is 0 Å². The van der Waals surface area contributed by atoms with Crippen molar-refractivity contribution >= 4 is 23.1 Å². The standard InChI is InChI=1S/C7H7N3.C5H10O2/c8-6-1-2-7-5(3-6)4-9-10-7;1-5(2,3)7-4-6/h1-4H,8H2,(H,9,10);4H,1-3H3. The van der Waals surface area contributed by atoms with Gasteiger partial charge in [0.25, 0.3) is 6.47 Å². The highest BCUT2D eigenvalue weighted by molar-refractivity contribution is 5.81. The first-order valence-corrected chi connectivity index (χ1v) is 5.22. The summed E-state index contributed by atoms with van der Waals surface area (Å²) in [6.45, 7) is 5.92. The third-order valence-electron chi connectivity index (χ3n) is 1.87. The highest BCUT2D eigenvalue weighted by Gasteiger charge is 2.07. The van der Waals surface area contributed by atoms with Gasteiger partial charge in [0.2, 0.25) is 0 Å². The molecule has 0 aliphatic heterocycles. The van der Waals surface area contributed by atoms with Crippen molar-refractivity contribution in [3.63, 3.8) is 0 Å². The lowest BCUT2D eigenvalue weighted by Crippen LogP contribution is -2.17. The quantitative estimate of drug-likeness (QED) is 0.586. The second-order valence-electron chi connectivity index (χ2n) is 4.54. The normalized spacial score (nSPS) is 10.5. The number of anilines is 1. The van der Waals surface area contributed by atoms with Crippen molar-refractivity contribution in [2.75, 3.05) is 5.73 Å². The number of ether oxygens (including phenoxy) is 1. The Kier molecular flexibility index (Phi) is 4.09. The highest BCUT2D eigenvalue weighted by Crippen LogP contribution is 2.13. The molecule has 17 heavy (non-hydrogen) atoms. The number of nitrogen functional groups attached to an aromatic ring is 1. The maximum Gasteiger partial charge on any atom is 0.293 e. The van der Waals surface area contributed by atoms with Gasteiger partial charge in [-0.3, -0.25) is 9.89 Å². The zero-order chi connectivity index (χ0) is 12.9. The zero-order valence-electron chi connectivity index (χ0n) is 10.2. The number of aromatic nitrogens is 2. The smallest absolute Gasteiger partial charge is 0.293 e. The molecule has 2 rings (SSSR count). The van der Waals surface area contributed by atoms with E-state index < -0.39 is 0 Å². The molecule has 0 spiro atoms. The third-order valence-corrected chi connectivity index (χ3v) is 1.87. The van der Waals surface area contributed by atoms with Crippen molar-refractivity contribution in [2.45, 2.75) is 26.4 Å². The Labute approximate surface area is 100.0 Å². The molecule has 0 saturated heterocycles. The van der Waals surface area contributed by atoms with Crippen molar-refractivity contribution in [2.24, 2.45) is 0 Å². The molecule has 1 heterocycles. The minimum Gasteiger partial charge on any atom is -0.462 e. The van der Waals surface area contributed by atoms with Crippen molar-refractivity contribution in [3.8, 4) is 0 Å². The fourth-order valence-corrected chi connectivity index (χ4v) is 1.11. The Morgan fingerprint density at radius 2 is 2.12 bits per heavy atom. The number of rotatable bonds is 1. The summed E-state index contributed by atoms with van der Waals surface area (Å²) >= 11 is 0. The molecule has 2 aromatic rings. The van der Waals surface area contributed by atoms with Gasteiger partial charge in [0, 0.05) is 11.1 Å². The second-order valence-corrected chi connectivity index (χ2v) is 4.54. The van der Waals surface area contributed by atoms with Crippen LogP contribution in [0, 0.1) is 0 Å². The minimum absolute atomic E-state index is 0.318. The van der Waals surface area contributed by atoms with Crippen LogP contribution in [-0.4, -0.2) is 22.3 Å². The fraction of sp³-hybridized carbons (Fsp3) is 0.333. The van der Waals surface area contributed by atoms with E-state index in [0.717, 1.165) is 16.6 Å². The largest absolute Gasteiger partial charge is 0.462 e. The summed E-state index contributed by atoms with van der Waals surface area (Å²) in [5.41, 5.74) is 7.02. The molecule has 0 aliphatic carbocycles. The molecular formula is C12H17N3O2. The molecule has 1 aromatic heterocycles. The molecule has 0 saturated carbocycles. The maximum absolute atomic E-state index is 9.60. The number of nitrogens with one attached hydrogen (secondary N) is 1. The lowest BCUT2D eigenvalue weighted by molar-refractivity contribution is -0.138. The Morgan fingerprint density at radius 3 is 2.65 bits per heavy atom. The van der Waals surface area contributed by atoms with Crippen molar-refractivity contribution in [1.29, 1.82) is 0 Å². The highest BCUT2D eigenvalue weighted by atomic mass is 16.5.